The van der Waals surface area contributed by atoms with Gasteiger partial charge in [-0.25, -0.2) is 4.90 Å². The molecule has 0 unspecified atom stereocenters. The Balaban J connectivity index is 2.02. The molecule has 0 N–H and O–H groups in total. The zero-order valence-electron chi connectivity index (χ0n) is 14.1. The van der Waals surface area contributed by atoms with Crippen molar-refractivity contribution in [1.82, 2.24) is 0 Å². The first-order valence-corrected chi connectivity index (χ1v) is 8.54. The van der Waals surface area contributed by atoms with Gasteiger partial charge in [-0.1, -0.05) is 30.3 Å². The van der Waals surface area contributed by atoms with Crippen molar-refractivity contribution in [1.29, 1.82) is 0 Å². The molecule has 134 valence electrons. The highest BCUT2D eigenvalue weighted by Crippen LogP contribution is 2.34. The van der Waals surface area contributed by atoms with Gasteiger partial charge in [0.25, 0.3) is 5.91 Å². The fourth-order valence-electron chi connectivity index (χ4n) is 3.04. The van der Waals surface area contributed by atoms with Crippen LogP contribution in [0, 0.1) is 0 Å². The van der Waals surface area contributed by atoms with E-state index in [2.05, 4.69) is 0 Å². The largest absolute Gasteiger partial charge is 0.495 e. The lowest BCUT2D eigenvalue weighted by molar-refractivity contribution is -0.123. The van der Waals surface area contributed by atoms with Crippen LogP contribution < -0.4 is 14.5 Å². The van der Waals surface area contributed by atoms with Gasteiger partial charge in [0.1, 0.15) is 17.7 Å². The summed E-state index contributed by atoms with van der Waals surface area (Å²) < 4.78 is 5.31. The van der Waals surface area contributed by atoms with E-state index in [1.165, 1.54) is 12.0 Å². The summed E-state index contributed by atoms with van der Waals surface area (Å²) in [7, 11) is 1.47. The maximum absolute atomic E-state index is 13.0. The van der Waals surface area contributed by atoms with E-state index in [0.29, 0.717) is 17.1 Å². The maximum atomic E-state index is 13.0. The molecule has 0 aromatic heterocycles. The number of carbonyl (C=O) groups excluding carboxylic acids is 3. The minimum atomic E-state index is -0.967. The molecule has 6 nitrogen and oxygen atoms in total. The van der Waals surface area contributed by atoms with Crippen LogP contribution in [0.2, 0.25) is 0 Å². The topological polar surface area (TPSA) is 66.9 Å². The van der Waals surface area contributed by atoms with Crippen LogP contribution in [-0.2, 0) is 14.4 Å². The van der Waals surface area contributed by atoms with Crippen LogP contribution in [0.25, 0.3) is 0 Å². The van der Waals surface area contributed by atoms with Crippen molar-refractivity contribution >= 4 is 40.7 Å². The second kappa shape index (κ2) is 7.58. The standard InChI is InChI=1S/C19H17ClN2O4/c1-26-16-10-6-5-9-14(16)22(18(24)12-20)15-11-17(23)21(19(15)25)13-7-3-2-4-8-13/h2-10,15H,11-12H2,1H3/t15-/m0/s1. The van der Waals surface area contributed by atoms with E-state index in [9.17, 15) is 14.4 Å². The summed E-state index contributed by atoms with van der Waals surface area (Å²) >= 11 is 5.77. The Kier molecular flexibility index (Phi) is 5.23. The molecule has 1 fully saturated rings. The number of rotatable bonds is 5. The number of anilines is 2. The van der Waals surface area contributed by atoms with E-state index in [-0.39, 0.29) is 18.2 Å². The third-order valence-electron chi connectivity index (χ3n) is 4.18. The lowest BCUT2D eigenvalue weighted by atomic mass is 10.1. The molecule has 0 spiro atoms. The van der Waals surface area contributed by atoms with Gasteiger partial charge in [-0.05, 0) is 24.3 Å². The predicted molar refractivity (Wildman–Crippen MR) is 98.5 cm³/mol. The summed E-state index contributed by atoms with van der Waals surface area (Å²) in [6, 6.07) is 14.5. The molecule has 1 heterocycles. The van der Waals surface area contributed by atoms with Gasteiger partial charge in [-0.2, -0.15) is 0 Å². The number of para-hydroxylation sites is 3. The van der Waals surface area contributed by atoms with Crippen molar-refractivity contribution in [2.75, 3.05) is 22.8 Å². The molecule has 1 saturated heterocycles. The van der Waals surface area contributed by atoms with Gasteiger partial charge < -0.3 is 4.74 Å². The highest BCUT2D eigenvalue weighted by atomic mass is 35.5. The second-order valence-electron chi connectivity index (χ2n) is 5.69. The number of methoxy groups -OCH3 is 1. The lowest BCUT2D eigenvalue weighted by Gasteiger charge is -2.28. The Bertz CT molecular complexity index is 840. The smallest absolute Gasteiger partial charge is 0.257 e. The van der Waals surface area contributed by atoms with Gasteiger partial charge in [0.2, 0.25) is 11.8 Å². The average Bonchev–Trinajstić information content (AvgIpc) is 2.97. The molecule has 7 heteroatoms. The van der Waals surface area contributed by atoms with Gasteiger partial charge >= 0.3 is 0 Å². The predicted octanol–water partition coefficient (Wildman–Crippen LogP) is 2.60. The average molecular weight is 373 g/mol. The summed E-state index contributed by atoms with van der Waals surface area (Å²) in [6.45, 7) is 0. The molecule has 0 aliphatic carbocycles. The Morgan fingerprint density at radius 3 is 2.46 bits per heavy atom. The monoisotopic (exact) mass is 372 g/mol. The van der Waals surface area contributed by atoms with Crippen LogP contribution >= 0.6 is 11.6 Å². The molecule has 3 amide bonds. The van der Waals surface area contributed by atoms with Crippen molar-refractivity contribution in [3.8, 4) is 5.75 Å². The summed E-state index contributed by atoms with van der Waals surface area (Å²) in [5, 5.41) is 0. The Labute approximate surface area is 155 Å². The first-order chi connectivity index (χ1) is 12.6. The van der Waals surface area contributed by atoms with Gasteiger partial charge in [-0.15, -0.1) is 11.6 Å². The first-order valence-electron chi connectivity index (χ1n) is 8.01. The van der Waals surface area contributed by atoms with Crippen molar-refractivity contribution in [3.05, 3.63) is 54.6 Å². The summed E-state index contributed by atoms with van der Waals surface area (Å²) in [4.78, 5) is 40.4. The number of hydrogen-bond donors (Lipinski definition) is 0. The molecule has 0 saturated carbocycles. The van der Waals surface area contributed by atoms with Crippen molar-refractivity contribution in [2.24, 2.45) is 0 Å². The van der Waals surface area contributed by atoms with E-state index in [4.69, 9.17) is 16.3 Å². The van der Waals surface area contributed by atoms with Crippen LogP contribution in [0.3, 0.4) is 0 Å². The number of nitrogens with zero attached hydrogens (tertiary/aromatic N) is 2. The molecule has 1 aliphatic heterocycles. The van der Waals surface area contributed by atoms with E-state index in [1.54, 1.807) is 54.6 Å². The molecular formula is C19H17ClN2O4. The van der Waals surface area contributed by atoms with Crippen LogP contribution in [0.15, 0.2) is 54.6 Å². The maximum Gasteiger partial charge on any atom is 0.257 e. The van der Waals surface area contributed by atoms with Crippen LogP contribution in [-0.4, -0.2) is 36.8 Å². The lowest BCUT2D eigenvalue weighted by Crippen LogP contribution is -2.46. The Hall–Kier alpha value is -2.86. The molecule has 0 bridgehead atoms. The van der Waals surface area contributed by atoms with Gasteiger partial charge in [0, 0.05) is 0 Å². The number of amides is 3. The van der Waals surface area contributed by atoms with Crippen LogP contribution in [0.5, 0.6) is 5.75 Å². The van der Waals surface area contributed by atoms with E-state index in [0.717, 1.165) is 4.90 Å². The highest BCUT2D eigenvalue weighted by Gasteiger charge is 2.45. The number of hydrogen-bond acceptors (Lipinski definition) is 4. The van der Waals surface area contributed by atoms with E-state index in [1.807, 2.05) is 0 Å². The molecule has 26 heavy (non-hydrogen) atoms. The number of ether oxygens (including phenoxy) is 1. The number of alkyl halides is 1. The minimum Gasteiger partial charge on any atom is -0.495 e. The first kappa shape index (κ1) is 17.9. The quantitative estimate of drug-likeness (QED) is 0.597. The molecule has 2 aromatic carbocycles. The number of imide groups is 1. The number of halogens is 1. The molecular weight excluding hydrogens is 356 g/mol. The molecule has 1 atom stereocenters. The van der Waals surface area contributed by atoms with Crippen LogP contribution in [0.1, 0.15) is 6.42 Å². The van der Waals surface area contributed by atoms with Gasteiger partial charge in [-0.3, -0.25) is 19.3 Å². The van der Waals surface area contributed by atoms with Gasteiger partial charge in [0.15, 0.2) is 0 Å². The van der Waals surface area contributed by atoms with Gasteiger partial charge in [0.05, 0.1) is 24.9 Å². The van der Waals surface area contributed by atoms with Crippen LogP contribution in [0.4, 0.5) is 11.4 Å². The third kappa shape index (κ3) is 3.15. The Morgan fingerprint density at radius 1 is 1.15 bits per heavy atom. The zero-order chi connectivity index (χ0) is 18.7. The summed E-state index contributed by atoms with van der Waals surface area (Å²) in [5.41, 5.74) is 0.880. The fraction of sp³-hybridized carbons (Fsp3) is 0.211. The van der Waals surface area contributed by atoms with Crippen molar-refractivity contribution in [2.45, 2.75) is 12.5 Å². The number of benzene rings is 2. The third-order valence-corrected chi connectivity index (χ3v) is 4.41. The fourth-order valence-corrected chi connectivity index (χ4v) is 3.16. The normalized spacial score (nSPS) is 16.7. The number of carbonyl (C=O) groups is 3. The zero-order valence-corrected chi connectivity index (χ0v) is 14.8. The summed E-state index contributed by atoms with van der Waals surface area (Å²) in [5.74, 6) is -1.21. The van der Waals surface area contributed by atoms with Crippen molar-refractivity contribution < 1.29 is 19.1 Å². The molecule has 3 rings (SSSR count). The van der Waals surface area contributed by atoms with E-state index >= 15 is 0 Å². The summed E-state index contributed by atoms with van der Waals surface area (Å²) in [6.07, 6.45) is -0.117. The molecule has 1 aliphatic rings. The minimum absolute atomic E-state index is 0.117. The van der Waals surface area contributed by atoms with E-state index < -0.39 is 17.9 Å². The molecule has 0 radical (unpaired) electrons. The van der Waals surface area contributed by atoms with Crippen molar-refractivity contribution in [3.63, 3.8) is 0 Å². The highest BCUT2D eigenvalue weighted by molar-refractivity contribution is 6.31. The Morgan fingerprint density at radius 2 is 1.81 bits per heavy atom. The molecule has 2 aromatic rings. The second-order valence-corrected chi connectivity index (χ2v) is 5.96. The SMILES string of the molecule is COc1ccccc1N(C(=O)CCl)[C@H]1CC(=O)N(c2ccccc2)C1=O.